The van der Waals surface area contributed by atoms with E-state index in [9.17, 15) is 29.8 Å². The highest BCUT2D eigenvalue weighted by Crippen LogP contribution is 2.26. The number of nitrogens with zero attached hydrogens (tertiary/aromatic N) is 2. The number of ether oxygens (including phenoxy) is 1. The van der Waals surface area contributed by atoms with E-state index < -0.39 is 28.2 Å². The second kappa shape index (κ2) is 7.62. The molecule has 0 aliphatic heterocycles. The molecule has 0 heterocycles. The lowest BCUT2D eigenvalue weighted by atomic mass is 10.1. The zero-order valence-electron chi connectivity index (χ0n) is 12.4. The highest BCUT2D eigenvalue weighted by Gasteiger charge is 2.18. The summed E-state index contributed by atoms with van der Waals surface area (Å²) >= 11 is 2.99. The van der Waals surface area contributed by atoms with Crippen molar-refractivity contribution in [3.8, 4) is 0 Å². The van der Waals surface area contributed by atoms with Crippen molar-refractivity contribution >= 4 is 39.1 Å². The molecule has 0 aliphatic rings. The van der Waals surface area contributed by atoms with Crippen molar-refractivity contribution in [1.29, 1.82) is 0 Å². The number of hydrogen-bond acceptors (Lipinski definition) is 7. The first kappa shape index (κ1) is 18.2. The Morgan fingerprint density at radius 3 is 2.36 bits per heavy atom. The molecule has 0 spiro atoms. The number of carbonyl (C=O) groups is 2. The number of hydrogen-bond donors (Lipinski definition) is 0. The number of benzene rings is 2. The van der Waals surface area contributed by atoms with Crippen molar-refractivity contribution in [3.63, 3.8) is 0 Å². The molecule has 2 aromatic rings. The molecule has 0 atom stereocenters. The van der Waals surface area contributed by atoms with E-state index in [4.69, 9.17) is 4.74 Å². The molecule has 0 amide bonds. The van der Waals surface area contributed by atoms with Crippen LogP contribution in [0, 0.1) is 20.2 Å². The number of halogens is 1. The molecule has 0 aliphatic carbocycles. The fraction of sp³-hybridized carbons (Fsp3) is 0.0667. The van der Waals surface area contributed by atoms with E-state index in [1.54, 1.807) is 0 Å². The van der Waals surface area contributed by atoms with Gasteiger partial charge < -0.3 is 4.74 Å². The van der Waals surface area contributed by atoms with Crippen molar-refractivity contribution < 1.29 is 24.2 Å². The first-order valence-electron chi connectivity index (χ1n) is 6.68. The number of nitro benzene ring substituents is 2. The number of Topliss-reactive ketones (excluding diaryl/α,β-unsaturated/α-hetero) is 1. The monoisotopic (exact) mass is 408 g/mol. The summed E-state index contributed by atoms with van der Waals surface area (Å²) in [5, 5.41) is 21.5. The van der Waals surface area contributed by atoms with Gasteiger partial charge in [0.1, 0.15) is 0 Å². The maximum atomic E-state index is 12.0. The van der Waals surface area contributed by atoms with Gasteiger partial charge in [-0.2, -0.15) is 0 Å². The minimum Gasteiger partial charge on any atom is -0.454 e. The summed E-state index contributed by atoms with van der Waals surface area (Å²) in [7, 11) is 0. The average Bonchev–Trinajstić information content (AvgIpc) is 2.59. The van der Waals surface area contributed by atoms with Gasteiger partial charge in [-0.15, -0.1) is 0 Å². The van der Waals surface area contributed by atoms with Crippen LogP contribution in [-0.4, -0.2) is 28.2 Å². The Labute approximate surface area is 148 Å². The van der Waals surface area contributed by atoms with Crippen LogP contribution in [0.15, 0.2) is 46.9 Å². The molecule has 128 valence electrons. The van der Waals surface area contributed by atoms with Crippen LogP contribution in [0.5, 0.6) is 0 Å². The number of esters is 1. The Bertz CT molecular complexity index is 882. The molecule has 9 nitrogen and oxygen atoms in total. The maximum Gasteiger partial charge on any atom is 0.338 e. The van der Waals surface area contributed by atoms with E-state index in [1.165, 1.54) is 30.3 Å². The summed E-state index contributed by atoms with van der Waals surface area (Å²) in [5.41, 5.74) is -0.661. The largest absolute Gasteiger partial charge is 0.454 e. The van der Waals surface area contributed by atoms with Crippen molar-refractivity contribution in [3.05, 3.63) is 78.3 Å². The lowest BCUT2D eigenvalue weighted by molar-refractivity contribution is -0.385. The maximum absolute atomic E-state index is 12.0. The summed E-state index contributed by atoms with van der Waals surface area (Å²) in [6, 6.07) is 8.63. The zero-order chi connectivity index (χ0) is 18.6. The first-order valence-corrected chi connectivity index (χ1v) is 7.47. The minimum atomic E-state index is -0.922. The lowest BCUT2D eigenvalue weighted by Crippen LogP contribution is -2.14. The average molecular weight is 409 g/mol. The van der Waals surface area contributed by atoms with Crippen LogP contribution in [0.2, 0.25) is 0 Å². The van der Waals surface area contributed by atoms with Crippen LogP contribution in [0.25, 0.3) is 0 Å². The Kier molecular flexibility index (Phi) is 5.55. The van der Waals surface area contributed by atoms with Crippen molar-refractivity contribution in [1.82, 2.24) is 0 Å². The molecule has 2 rings (SSSR count). The fourth-order valence-electron chi connectivity index (χ4n) is 1.87. The standard InChI is InChI=1S/C15H9BrN2O7/c16-12-5-4-10(7-13(12)18(23)24)15(20)25-8-14(19)9-2-1-3-11(6-9)17(21)22/h1-7H,8H2. The van der Waals surface area contributed by atoms with Crippen LogP contribution < -0.4 is 0 Å². The molecule has 0 N–H and O–H groups in total. The summed E-state index contributed by atoms with van der Waals surface area (Å²) in [5.74, 6) is -1.56. The number of nitro groups is 2. The van der Waals surface area contributed by atoms with Crippen molar-refractivity contribution in [2.24, 2.45) is 0 Å². The Hall–Kier alpha value is -3.14. The van der Waals surface area contributed by atoms with Gasteiger partial charge in [0.15, 0.2) is 6.61 Å². The van der Waals surface area contributed by atoms with E-state index >= 15 is 0 Å². The molecule has 0 fully saturated rings. The lowest BCUT2D eigenvalue weighted by Gasteiger charge is -2.05. The third kappa shape index (κ3) is 4.44. The van der Waals surface area contributed by atoms with Crippen molar-refractivity contribution in [2.45, 2.75) is 0 Å². The topological polar surface area (TPSA) is 130 Å². The van der Waals surface area contributed by atoms with Gasteiger partial charge in [0.05, 0.1) is 19.9 Å². The molecule has 10 heteroatoms. The predicted molar refractivity (Wildman–Crippen MR) is 88.5 cm³/mol. The van der Waals surface area contributed by atoms with Gasteiger partial charge in [-0.3, -0.25) is 25.0 Å². The summed E-state index contributed by atoms with van der Waals surface area (Å²) in [6.07, 6.45) is 0. The molecule has 0 saturated heterocycles. The third-order valence-corrected chi connectivity index (χ3v) is 3.76. The Balaban J connectivity index is 2.08. The summed E-state index contributed by atoms with van der Waals surface area (Å²) < 4.78 is 5.02. The quantitative estimate of drug-likeness (QED) is 0.310. The van der Waals surface area contributed by atoms with Crippen molar-refractivity contribution in [2.75, 3.05) is 6.61 Å². The highest BCUT2D eigenvalue weighted by molar-refractivity contribution is 9.10. The number of rotatable bonds is 6. The van der Waals surface area contributed by atoms with Gasteiger partial charge in [0, 0.05) is 23.8 Å². The molecular formula is C15H9BrN2O7. The Morgan fingerprint density at radius 1 is 1.00 bits per heavy atom. The first-order chi connectivity index (χ1) is 11.8. The van der Waals surface area contributed by atoms with Gasteiger partial charge >= 0.3 is 5.97 Å². The van der Waals surface area contributed by atoms with E-state index in [0.717, 1.165) is 12.1 Å². The van der Waals surface area contributed by atoms with Crippen LogP contribution in [0.4, 0.5) is 11.4 Å². The predicted octanol–water partition coefficient (Wildman–Crippen LogP) is 3.31. The summed E-state index contributed by atoms with van der Waals surface area (Å²) in [4.78, 5) is 44.1. The van der Waals surface area contributed by atoms with Crippen LogP contribution in [-0.2, 0) is 4.74 Å². The zero-order valence-corrected chi connectivity index (χ0v) is 14.0. The molecule has 0 unspecified atom stereocenters. The van der Waals surface area contributed by atoms with E-state index in [2.05, 4.69) is 15.9 Å². The number of ketones is 1. The van der Waals surface area contributed by atoms with Crippen LogP contribution in [0.3, 0.4) is 0 Å². The van der Waals surface area contributed by atoms with E-state index in [0.29, 0.717) is 0 Å². The van der Waals surface area contributed by atoms with Gasteiger partial charge in [0.2, 0.25) is 5.78 Å². The molecule has 0 radical (unpaired) electrons. The normalized spacial score (nSPS) is 10.1. The molecule has 0 bridgehead atoms. The molecule has 2 aromatic carbocycles. The van der Waals surface area contributed by atoms with E-state index in [-0.39, 0.29) is 27.0 Å². The number of carbonyl (C=O) groups excluding carboxylic acids is 2. The van der Waals surface area contributed by atoms with Gasteiger partial charge in [0.25, 0.3) is 11.4 Å². The summed E-state index contributed by atoms with van der Waals surface area (Å²) in [6.45, 7) is -0.649. The van der Waals surface area contributed by atoms with Crippen LogP contribution in [0.1, 0.15) is 20.7 Å². The molecule has 0 saturated carbocycles. The van der Waals surface area contributed by atoms with Gasteiger partial charge in [-0.05, 0) is 28.1 Å². The second-order valence-corrected chi connectivity index (χ2v) is 5.58. The van der Waals surface area contributed by atoms with Crippen LogP contribution >= 0.6 is 15.9 Å². The highest BCUT2D eigenvalue weighted by atomic mass is 79.9. The fourth-order valence-corrected chi connectivity index (χ4v) is 2.26. The van der Waals surface area contributed by atoms with E-state index in [1.807, 2.05) is 0 Å². The smallest absolute Gasteiger partial charge is 0.338 e. The van der Waals surface area contributed by atoms with Gasteiger partial charge in [-0.25, -0.2) is 4.79 Å². The minimum absolute atomic E-state index is 0.0174. The second-order valence-electron chi connectivity index (χ2n) is 4.73. The SMILES string of the molecule is O=C(COC(=O)c1ccc(Br)c([N+](=O)[O-])c1)c1cccc([N+](=O)[O-])c1. The molecule has 25 heavy (non-hydrogen) atoms. The van der Waals surface area contributed by atoms with Gasteiger partial charge in [-0.1, -0.05) is 12.1 Å². The Morgan fingerprint density at radius 2 is 1.72 bits per heavy atom. The molecule has 0 aromatic heterocycles. The molecular weight excluding hydrogens is 400 g/mol. The third-order valence-electron chi connectivity index (χ3n) is 3.09. The number of non-ortho nitro benzene ring substituents is 1.